The number of piperidine rings is 1. The van der Waals surface area contributed by atoms with E-state index in [1.165, 1.54) is 4.70 Å². The quantitative estimate of drug-likeness (QED) is 0.620. The Hall–Kier alpha value is -2.16. The summed E-state index contributed by atoms with van der Waals surface area (Å²) in [6, 6.07) is 8.05. The molecule has 1 amide bonds. The normalized spacial score (nSPS) is 19.6. The first-order valence-electron chi connectivity index (χ1n) is 9.86. The molecular formula is C20H24ClN5O2S. The molecule has 3 heterocycles. The summed E-state index contributed by atoms with van der Waals surface area (Å²) in [6.07, 6.45) is 1.34. The summed E-state index contributed by atoms with van der Waals surface area (Å²) in [5.74, 6) is -0.00885. The van der Waals surface area contributed by atoms with E-state index < -0.39 is 0 Å². The molecule has 0 spiro atoms. The second-order valence-electron chi connectivity index (χ2n) is 6.98. The van der Waals surface area contributed by atoms with Crippen molar-refractivity contribution < 1.29 is 9.53 Å². The molecule has 4 rings (SSSR count). The van der Waals surface area contributed by atoms with Gasteiger partial charge in [0.2, 0.25) is 0 Å². The second-order valence-corrected chi connectivity index (χ2v) is 8.35. The summed E-state index contributed by atoms with van der Waals surface area (Å²) in [5, 5.41) is 4.42. The van der Waals surface area contributed by atoms with Crippen molar-refractivity contribution in [2.75, 3.05) is 24.6 Å². The Bertz CT molecular complexity index is 971. The second kappa shape index (κ2) is 8.69. The average Bonchev–Trinajstić information content (AvgIpc) is 3.32. The van der Waals surface area contributed by atoms with Crippen LogP contribution < -0.4 is 10.2 Å². The topological polar surface area (TPSA) is 83.1 Å². The zero-order valence-electron chi connectivity index (χ0n) is 16.4. The number of carbonyl (C=O) groups excluding carboxylic acids is 1. The summed E-state index contributed by atoms with van der Waals surface area (Å²) < 4.78 is 7.15. The minimum atomic E-state index is -0.255. The van der Waals surface area contributed by atoms with Gasteiger partial charge in [-0.15, -0.1) is 0 Å². The number of fused-ring (bicyclic) bond motifs is 1. The van der Waals surface area contributed by atoms with Crippen LogP contribution in [0.3, 0.4) is 0 Å². The first-order chi connectivity index (χ1) is 14.1. The Labute approximate surface area is 178 Å². The fourth-order valence-corrected chi connectivity index (χ4v) is 4.87. The summed E-state index contributed by atoms with van der Waals surface area (Å²) >= 11 is 7.76. The van der Waals surface area contributed by atoms with Crippen molar-refractivity contribution >= 4 is 44.2 Å². The Kier molecular flexibility index (Phi) is 6.03. The summed E-state index contributed by atoms with van der Waals surface area (Å²) in [5.41, 5.74) is 1.78. The van der Waals surface area contributed by atoms with Gasteiger partial charge in [0.05, 0.1) is 28.1 Å². The number of hydrogen-bond acceptors (Lipinski definition) is 6. The van der Waals surface area contributed by atoms with E-state index in [1.807, 2.05) is 32.0 Å². The van der Waals surface area contributed by atoms with E-state index in [1.54, 1.807) is 11.3 Å². The number of aromatic amines is 1. The van der Waals surface area contributed by atoms with Crippen LogP contribution in [0.1, 0.15) is 36.6 Å². The molecule has 1 saturated heterocycles. The maximum atomic E-state index is 12.7. The van der Waals surface area contributed by atoms with E-state index in [0.29, 0.717) is 24.7 Å². The van der Waals surface area contributed by atoms with E-state index in [2.05, 4.69) is 26.3 Å². The third kappa shape index (κ3) is 4.24. The Morgan fingerprint density at radius 1 is 1.38 bits per heavy atom. The summed E-state index contributed by atoms with van der Waals surface area (Å²) in [6.45, 7) is 5.99. The Balaban J connectivity index is 1.46. The molecule has 0 radical (unpaired) electrons. The van der Waals surface area contributed by atoms with Crippen molar-refractivity contribution in [3.05, 3.63) is 40.9 Å². The fraction of sp³-hybridized carbons (Fsp3) is 0.450. The fourth-order valence-electron chi connectivity index (χ4n) is 3.60. The molecule has 2 atom stereocenters. The van der Waals surface area contributed by atoms with Gasteiger partial charge in [0, 0.05) is 19.7 Å². The highest BCUT2D eigenvalue weighted by atomic mass is 35.5. The van der Waals surface area contributed by atoms with Gasteiger partial charge in [-0.3, -0.25) is 4.79 Å². The molecule has 1 aromatic carbocycles. The number of H-pyrrole nitrogens is 1. The van der Waals surface area contributed by atoms with E-state index in [0.717, 1.165) is 29.3 Å². The van der Waals surface area contributed by atoms with Crippen LogP contribution in [-0.4, -0.2) is 52.7 Å². The first-order valence-corrected chi connectivity index (χ1v) is 11.1. The number of hydrogen-bond donors (Lipinski definition) is 2. The molecule has 1 aliphatic heterocycles. The molecule has 1 fully saturated rings. The number of anilines is 1. The van der Waals surface area contributed by atoms with Crippen LogP contribution in [0.5, 0.6) is 0 Å². The van der Waals surface area contributed by atoms with Crippen molar-refractivity contribution in [3.8, 4) is 0 Å². The monoisotopic (exact) mass is 433 g/mol. The number of rotatable bonds is 6. The molecule has 154 valence electrons. The first kappa shape index (κ1) is 20.1. The van der Waals surface area contributed by atoms with E-state index in [-0.39, 0.29) is 23.9 Å². The van der Waals surface area contributed by atoms with Crippen molar-refractivity contribution in [1.29, 1.82) is 0 Å². The molecule has 0 bridgehead atoms. The van der Waals surface area contributed by atoms with Gasteiger partial charge < -0.3 is 19.9 Å². The van der Waals surface area contributed by atoms with Gasteiger partial charge >= 0.3 is 0 Å². The molecule has 2 unspecified atom stereocenters. The number of nitrogens with one attached hydrogen (secondary N) is 2. The number of nitrogens with zero attached hydrogens (tertiary/aromatic N) is 3. The lowest BCUT2D eigenvalue weighted by Gasteiger charge is -2.38. The summed E-state index contributed by atoms with van der Waals surface area (Å²) in [7, 11) is 0. The number of ether oxygens (including phenoxy) is 1. The van der Waals surface area contributed by atoms with Crippen molar-refractivity contribution in [3.63, 3.8) is 0 Å². The third-order valence-electron chi connectivity index (χ3n) is 5.11. The van der Waals surface area contributed by atoms with Crippen molar-refractivity contribution in [2.24, 2.45) is 0 Å². The minimum absolute atomic E-state index is 0.0953. The number of halogens is 1. The summed E-state index contributed by atoms with van der Waals surface area (Å²) in [4.78, 5) is 26.8. The number of aryl methyl sites for hydroxylation is 1. The molecule has 3 aromatic rings. The zero-order valence-corrected chi connectivity index (χ0v) is 18.0. The average molecular weight is 434 g/mol. The molecule has 29 heavy (non-hydrogen) atoms. The van der Waals surface area contributed by atoms with Crippen LogP contribution in [0, 0.1) is 0 Å². The van der Waals surface area contributed by atoms with Gasteiger partial charge in [-0.05, 0) is 31.9 Å². The van der Waals surface area contributed by atoms with Gasteiger partial charge in [-0.25, -0.2) is 9.97 Å². The van der Waals surface area contributed by atoms with Gasteiger partial charge in [0.1, 0.15) is 0 Å². The van der Waals surface area contributed by atoms with Crippen LogP contribution >= 0.6 is 22.9 Å². The smallest absolute Gasteiger partial charge is 0.287 e. The lowest BCUT2D eigenvalue weighted by atomic mass is 10.0. The highest BCUT2D eigenvalue weighted by molar-refractivity contribution is 7.22. The number of imidazole rings is 1. The van der Waals surface area contributed by atoms with Crippen molar-refractivity contribution in [2.45, 2.75) is 38.8 Å². The van der Waals surface area contributed by atoms with Gasteiger partial charge in [0.15, 0.2) is 16.1 Å². The number of carbonyl (C=O) groups is 1. The number of aromatic nitrogens is 3. The highest BCUT2D eigenvalue weighted by Crippen LogP contribution is 2.31. The molecule has 9 heteroatoms. The molecule has 0 saturated carbocycles. The number of benzene rings is 1. The van der Waals surface area contributed by atoms with Gasteiger partial charge in [-0.2, -0.15) is 0 Å². The van der Waals surface area contributed by atoms with Crippen LogP contribution in [0.15, 0.2) is 24.3 Å². The highest BCUT2D eigenvalue weighted by Gasteiger charge is 2.33. The predicted octanol–water partition coefficient (Wildman–Crippen LogP) is 3.65. The van der Waals surface area contributed by atoms with E-state index >= 15 is 0 Å². The van der Waals surface area contributed by atoms with Gasteiger partial charge in [0.25, 0.3) is 5.91 Å². The maximum absolute atomic E-state index is 12.7. The maximum Gasteiger partial charge on any atom is 0.287 e. The number of amides is 1. The largest absolute Gasteiger partial charge is 0.375 e. The van der Waals surface area contributed by atoms with Crippen LogP contribution in [0.2, 0.25) is 5.15 Å². The number of thiazole rings is 1. The van der Waals surface area contributed by atoms with E-state index in [9.17, 15) is 4.79 Å². The zero-order chi connectivity index (χ0) is 20.4. The lowest BCUT2D eigenvalue weighted by Crippen LogP contribution is -2.55. The Morgan fingerprint density at radius 3 is 2.93 bits per heavy atom. The number of para-hydroxylation sites is 1. The molecule has 2 N–H and O–H groups in total. The van der Waals surface area contributed by atoms with Crippen LogP contribution in [0.25, 0.3) is 10.2 Å². The standard InChI is InChI=1S/C20H24ClN5O2S/c1-3-12-17(21)25-18(22-12)19(27)23-13-9-10-26(11-15(13)28-4-2)20-24-14-7-5-6-8-16(14)29-20/h5-8,13,15H,3-4,9-11H2,1-2H3,(H,22,25)(H,23,27). The molecule has 7 nitrogen and oxygen atoms in total. The third-order valence-corrected chi connectivity index (χ3v) is 6.52. The SMILES string of the molecule is CCOC1CN(c2nc3ccccc3s2)CCC1NC(=O)c1nc(Cl)c(CC)[nH]1. The lowest BCUT2D eigenvalue weighted by molar-refractivity contribution is 0.0272. The van der Waals surface area contributed by atoms with Crippen LogP contribution in [0.4, 0.5) is 5.13 Å². The minimum Gasteiger partial charge on any atom is -0.375 e. The molecule has 2 aromatic heterocycles. The van der Waals surface area contributed by atoms with Crippen LogP contribution in [-0.2, 0) is 11.2 Å². The van der Waals surface area contributed by atoms with Gasteiger partial charge in [-0.1, -0.05) is 42.0 Å². The van der Waals surface area contributed by atoms with Crippen molar-refractivity contribution in [1.82, 2.24) is 20.3 Å². The predicted molar refractivity (Wildman–Crippen MR) is 116 cm³/mol. The molecule has 1 aliphatic rings. The van der Waals surface area contributed by atoms with E-state index in [4.69, 9.17) is 21.3 Å². The molecule has 0 aliphatic carbocycles. The Morgan fingerprint density at radius 2 is 2.21 bits per heavy atom. The molecular weight excluding hydrogens is 410 g/mol.